The van der Waals surface area contributed by atoms with Crippen molar-refractivity contribution in [3.63, 3.8) is 0 Å². The summed E-state index contributed by atoms with van der Waals surface area (Å²) in [5.41, 5.74) is 1.11. The Morgan fingerprint density at radius 2 is 1.90 bits per heavy atom. The van der Waals surface area contributed by atoms with Gasteiger partial charge in [-0.2, -0.15) is 0 Å². The van der Waals surface area contributed by atoms with Crippen LogP contribution < -0.4 is 5.32 Å². The van der Waals surface area contributed by atoms with Crippen LogP contribution in [0.1, 0.15) is 15.9 Å². The van der Waals surface area contributed by atoms with Gasteiger partial charge in [0.15, 0.2) is 0 Å². The van der Waals surface area contributed by atoms with Gasteiger partial charge in [0.05, 0.1) is 15.6 Å². The minimum Gasteiger partial charge on any atom is -0.321 e. The van der Waals surface area contributed by atoms with Gasteiger partial charge in [0.25, 0.3) is 11.6 Å². The van der Waals surface area contributed by atoms with E-state index in [9.17, 15) is 14.9 Å². The van der Waals surface area contributed by atoms with E-state index < -0.39 is 10.8 Å². The Bertz CT molecular complexity index is 732. The highest BCUT2D eigenvalue weighted by Crippen LogP contribution is 2.26. The zero-order valence-corrected chi connectivity index (χ0v) is 12.4. The molecule has 0 saturated carbocycles. The number of halogens is 2. The molecule has 0 fully saturated rings. The fourth-order valence-electron chi connectivity index (χ4n) is 1.79. The van der Waals surface area contributed by atoms with Gasteiger partial charge in [-0.15, -0.1) is 0 Å². The lowest BCUT2D eigenvalue weighted by Crippen LogP contribution is -2.12. The Balaban J connectivity index is 2.24. The molecule has 2 rings (SSSR count). The molecule has 0 unspecified atom stereocenters. The molecule has 0 atom stereocenters. The van der Waals surface area contributed by atoms with Gasteiger partial charge in [-0.25, -0.2) is 0 Å². The third-order valence-electron chi connectivity index (χ3n) is 2.84. The van der Waals surface area contributed by atoms with E-state index in [2.05, 4.69) is 5.32 Å². The van der Waals surface area contributed by atoms with E-state index in [-0.39, 0.29) is 5.69 Å². The van der Waals surface area contributed by atoms with E-state index in [1.54, 1.807) is 19.1 Å². The summed E-state index contributed by atoms with van der Waals surface area (Å²) in [4.78, 5) is 22.4. The van der Waals surface area contributed by atoms with Crippen molar-refractivity contribution in [2.75, 3.05) is 5.32 Å². The molecular weight excluding hydrogens is 315 g/mol. The fourth-order valence-corrected chi connectivity index (χ4v) is 2.24. The summed E-state index contributed by atoms with van der Waals surface area (Å²) >= 11 is 11.7. The molecule has 21 heavy (non-hydrogen) atoms. The highest BCUT2D eigenvalue weighted by molar-refractivity contribution is 6.36. The van der Waals surface area contributed by atoms with E-state index in [0.29, 0.717) is 26.9 Å². The predicted octanol–water partition coefficient (Wildman–Crippen LogP) is 4.46. The lowest BCUT2D eigenvalue weighted by Gasteiger charge is -2.08. The molecule has 7 heteroatoms. The maximum absolute atomic E-state index is 12.1. The number of amides is 1. The number of hydrogen-bond donors (Lipinski definition) is 1. The second-order valence-corrected chi connectivity index (χ2v) is 5.18. The maximum atomic E-state index is 12.1. The summed E-state index contributed by atoms with van der Waals surface area (Å²) in [7, 11) is 0. The SMILES string of the molecule is Cc1cc(C(=O)Nc2ccc(Cl)cc2Cl)ccc1[N+](=O)[O-]. The van der Waals surface area contributed by atoms with E-state index in [1.165, 1.54) is 24.3 Å². The molecule has 0 aliphatic carbocycles. The summed E-state index contributed by atoms with van der Waals surface area (Å²) in [5, 5.41) is 14.2. The molecule has 2 aromatic rings. The number of rotatable bonds is 3. The lowest BCUT2D eigenvalue weighted by molar-refractivity contribution is -0.385. The number of aryl methyl sites for hydroxylation is 1. The maximum Gasteiger partial charge on any atom is 0.272 e. The molecule has 0 radical (unpaired) electrons. The minimum atomic E-state index is -0.493. The quantitative estimate of drug-likeness (QED) is 0.669. The molecule has 0 aliphatic rings. The summed E-state index contributed by atoms with van der Waals surface area (Å²) in [6, 6.07) is 8.85. The Morgan fingerprint density at radius 3 is 2.48 bits per heavy atom. The average Bonchev–Trinajstić information content (AvgIpc) is 2.41. The Kier molecular flexibility index (Phi) is 4.45. The molecule has 0 saturated heterocycles. The third-order valence-corrected chi connectivity index (χ3v) is 3.38. The fraction of sp³-hybridized carbons (Fsp3) is 0.0714. The van der Waals surface area contributed by atoms with E-state index in [1.807, 2.05) is 0 Å². The number of carbonyl (C=O) groups is 1. The summed E-state index contributed by atoms with van der Waals surface area (Å²) < 4.78 is 0. The van der Waals surface area contributed by atoms with Crippen LogP contribution in [0.15, 0.2) is 36.4 Å². The number of hydrogen-bond acceptors (Lipinski definition) is 3. The summed E-state index contributed by atoms with van der Waals surface area (Å²) in [5.74, 6) is -0.405. The molecule has 0 bridgehead atoms. The van der Waals surface area contributed by atoms with Gasteiger partial charge >= 0.3 is 0 Å². The molecule has 5 nitrogen and oxygen atoms in total. The van der Waals surface area contributed by atoms with Crippen molar-refractivity contribution in [1.29, 1.82) is 0 Å². The first-order chi connectivity index (χ1) is 9.88. The number of nitrogens with zero attached hydrogens (tertiary/aromatic N) is 1. The van der Waals surface area contributed by atoms with Crippen molar-refractivity contribution < 1.29 is 9.72 Å². The largest absolute Gasteiger partial charge is 0.321 e. The van der Waals surface area contributed by atoms with Crippen molar-refractivity contribution in [3.05, 3.63) is 67.7 Å². The monoisotopic (exact) mass is 324 g/mol. The van der Waals surface area contributed by atoms with Crippen LogP contribution in [-0.4, -0.2) is 10.8 Å². The number of carbonyl (C=O) groups excluding carboxylic acids is 1. The average molecular weight is 325 g/mol. The van der Waals surface area contributed by atoms with Crippen LogP contribution in [0.2, 0.25) is 10.0 Å². The van der Waals surface area contributed by atoms with Gasteiger partial charge in [-0.3, -0.25) is 14.9 Å². The number of benzene rings is 2. The first kappa shape index (κ1) is 15.3. The first-order valence-electron chi connectivity index (χ1n) is 5.90. The van der Waals surface area contributed by atoms with Gasteiger partial charge in [-0.1, -0.05) is 23.2 Å². The van der Waals surface area contributed by atoms with Crippen LogP contribution >= 0.6 is 23.2 Å². The Labute approximate surface area is 130 Å². The van der Waals surface area contributed by atoms with Crippen LogP contribution in [0.25, 0.3) is 0 Å². The highest BCUT2D eigenvalue weighted by Gasteiger charge is 2.14. The third kappa shape index (κ3) is 3.51. The highest BCUT2D eigenvalue weighted by atomic mass is 35.5. The molecule has 1 N–H and O–H groups in total. The molecule has 2 aromatic carbocycles. The first-order valence-corrected chi connectivity index (χ1v) is 6.65. The normalized spacial score (nSPS) is 10.2. The number of nitro benzene ring substituents is 1. The van der Waals surface area contributed by atoms with Crippen LogP contribution in [-0.2, 0) is 0 Å². The van der Waals surface area contributed by atoms with Gasteiger partial charge < -0.3 is 5.32 Å². The molecule has 108 valence electrons. The van der Waals surface area contributed by atoms with Gasteiger partial charge in [0, 0.05) is 22.2 Å². The summed E-state index contributed by atoms with van der Waals surface area (Å²) in [6.07, 6.45) is 0. The zero-order valence-electron chi connectivity index (χ0n) is 10.9. The van der Waals surface area contributed by atoms with Gasteiger partial charge in [-0.05, 0) is 37.3 Å². The van der Waals surface area contributed by atoms with Crippen molar-refractivity contribution in [2.45, 2.75) is 6.92 Å². The van der Waals surface area contributed by atoms with Crippen molar-refractivity contribution in [3.8, 4) is 0 Å². The van der Waals surface area contributed by atoms with Crippen LogP contribution in [0.4, 0.5) is 11.4 Å². The molecule has 1 amide bonds. The van der Waals surface area contributed by atoms with E-state index in [4.69, 9.17) is 23.2 Å². The number of nitrogens with one attached hydrogen (secondary N) is 1. The Morgan fingerprint density at radius 1 is 1.19 bits per heavy atom. The topological polar surface area (TPSA) is 72.2 Å². The predicted molar refractivity (Wildman–Crippen MR) is 82.2 cm³/mol. The van der Waals surface area contributed by atoms with E-state index >= 15 is 0 Å². The number of nitro groups is 1. The van der Waals surface area contributed by atoms with Crippen LogP contribution in [0.5, 0.6) is 0 Å². The molecule has 0 aromatic heterocycles. The zero-order chi connectivity index (χ0) is 15.6. The summed E-state index contributed by atoms with van der Waals surface area (Å²) in [6.45, 7) is 1.57. The van der Waals surface area contributed by atoms with Crippen LogP contribution in [0, 0.1) is 17.0 Å². The second-order valence-electron chi connectivity index (χ2n) is 4.34. The smallest absolute Gasteiger partial charge is 0.272 e. The molecular formula is C14H10Cl2N2O3. The van der Waals surface area contributed by atoms with E-state index in [0.717, 1.165) is 0 Å². The van der Waals surface area contributed by atoms with Crippen molar-refractivity contribution in [1.82, 2.24) is 0 Å². The Hall–Kier alpha value is -2.11. The number of anilines is 1. The molecule has 0 aliphatic heterocycles. The minimum absolute atomic E-state index is 0.0314. The van der Waals surface area contributed by atoms with Crippen molar-refractivity contribution >= 4 is 40.5 Å². The van der Waals surface area contributed by atoms with Crippen molar-refractivity contribution in [2.24, 2.45) is 0 Å². The second kappa shape index (κ2) is 6.11. The molecule has 0 spiro atoms. The van der Waals surface area contributed by atoms with Crippen LogP contribution in [0.3, 0.4) is 0 Å². The lowest BCUT2D eigenvalue weighted by atomic mass is 10.1. The molecule has 0 heterocycles. The van der Waals surface area contributed by atoms with Gasteiger partial charge in [0.1, 0.15) is 0 Å². The van der Waals surface area contributed by atoms with Gasteiger partial charge in [0.2, 0.25) is 0 Å². The standard InChI is InChI=1S/C14H10Cl2N2O3/c1-8-6-9(2-5-13(8)18(20)21)14(19)17-12-4-3-10(15)7-11(12)16/h2-7H,1H3,(H,17,19).